The lowest BCUT2D eigenvalue weighted by molar-refractivity contribution is -0.122. The monoisotopic (exact) mass is 455 g/mol. The average Bonchev–Trinajstić information content (AvgIpc) is 3.46. The number of nitrogens with zero attached hydrogens (tertiary/aromatic N) is 3. The number of hydrogen-bond acceptors (Lipinski definition) is 4. The summed E-state index contributed by atoms with van der Waals surface area (Å²) in [6.07, 6.45) is 3.98. The number of rotatable bonds is 8. The molecule has 2 aliphatic rings. The van der Waals surface area contributed by atoms with Crippen LogP contribution in [-0.2, 0) is 31.3 Å². The maximum absolute atomic E-state index is 12.9. The molecule has 1 aromatic carbocycles. The van der Waals surface area contributed by atoms with Gasteiger partial charge in [-0.05, 0) is 82.3 Å². The van der Waals surface area contributed by atoms with E-state index >= 15 is 0 Å². The summed E-state index contributed by atoms with van der Waals surface area (Å²) in [6, 6.07) is 9.11. The van der Waals surface area contributed by atoms with Crippen molar-refractivity contribution in [3.63, 3.8) is 0 Å². The van der Waals surface area contributed by atoms with Gasteiger partial charge < -0.3 is 9.45 Å². The average molecular weight is 456 g/mol. The molecule has 1 aliphatic carbocycles. The van der Waals surface area contributed by atoms with Crippen LogP contribution in [0, 0.1) is 0 Å². The minimum Gasteiger partial charge on any atom is -0.315 e. The summed E-state index contributed by atoms with van der Waals surface area (Å²) in [4.78, 5) is 17.3. The van der Waals surface area contributed by atoms with Gasteiger partial charge in [0, 0.05) is 36.3 Å². The molecule has 3 rings (SSSR count). The molecule has 0 aromatic heterocycles. The second kappa shape index (κ2) is 9.32. The van der Waals surface area contributed by atoms with Crippen LogP contribution in [0.2, 0.25) is 0 Å². The summed E-state index contributed by atoms with van der Waals surface area (Å²) >= 11 is 9.13. The highest BCUT2D eigenvalue weighted by atomic mass is 32.8. The van der Waals surface area contributed by atoms with Crippen LogP contribution in [0.4, 0.5) is 5.69 Å². The van der Waals surface area contributed by atoms with Crippen molar-refractivity contribution < 1.29 is 9.35 Å². The largest absolute Gasteiger partial charge is 0.315 e. The van der Waals surface area contributed by atoms with Crippen LogP contribution in [0.3, 0.4) is 0 Å². The molecule has 1 aliphatic heterocycles. The minimum atomic E-state index is -1.44. The highest BCUT2D eigenvalue weighted by Gasteiger charge is 2.46. The number of benzene rings is 1. The molecule has 5 nitrogen and oxygen atoms in total. The third-order valence-electron chi connectivity index (χ3n) is 6.29. The number of piperidine rings is 1. The van der Waals surface area contributed by atoms with Crippen LogP contribution < -0.4 is 4.90 Å². The molecule has 1 aromatic rings. The Hall–Kier alpha value is -0.510. The molecule has 1 saturated heterocycles. The predicted molar refractivity (Wildman–Crippen MR) is 128 cm³/mol. The van der Waals surface area contributed by atoms with Crippen LogP contribution in [0.1, 0.15) is 58.9 Å². The number of carbonyl (C=O) groups excluding carboxylic acids is 1. The summed E-state index contributed by atoms with van der Waals surface area (Å²) in [6.45, 7) is 10.8. The molecule has 0 bridgehead atoms. The first kappa shape index (κ1) is 23.2. The molecule has 0 radical (unpaired) electrons. The Kier molecular flexibility index (Phi) is 7.44. The second-order valence-electron chi connectivity index (χ2n) is 8.87. The van der Waals surface area contributed by atoms with E-state index in [1.54, 1.807) is 4.90 Å². The van der Waals surface area contributed by atoms with Crippen LogP contribution in [0.25, 0.3) is 0 Å². The first-order valence-corrected chi connectivity index (χ1v) is 12.9. The molecule has 1 heterocycles. The van der Waals surface area contributed by atoms with Gasteiger partial charge in [0.25, 0.3) is 0 Å². The van der Waals surface area contributed by atoms with Crippen LogP contribution >= 0.6 is 12.8 Å². The van der Waals surface area contributed by atoms with E-state index in [0.717, 1.165) is 18.7 Å². The maximum Gasteiger partial charge on any atom is 0.246 e. The zero-order valence-electron chi connectivity index (χ0n) is 17.7. The fourth-order valence-electron chi connectivity index (χ4n) is 4.42. The van der Waals surface area contributed by atoms with E-state index < -0.39 is 16.0 Å². The van der Waals surface area contributed by atoms with Gasteiger partial charge in [-0.25, -0.2) is 0 Å². The topological polar surface area (TPSA) is 47.0 Å². The summed E-state index contributed by atoms with van der Waals surface area (Å²) in [5.41, 5.74) is 2.52. The van der Waals surface area contributed by atoms with Gasteiger partial charge in [0.05, 0.1) is 9.92 Å². The van der Waals surface area contributed by atoms with Crippen molar-refractivity contribution in [3.05, 3.63) is 29.8 Å². The third-order valence-corrected chi connectivity index (χ3v) is 8.42. The van der Waals surface area contributed by atoms with Gasteiger partial charge in [-0.2, -0.15) is 3.71 Å². The normalized spacial score (nSPS) is 22.8. The van der Waals surface area contributed by atoms with E-state index in [-0.39, 0.29) is 11.3 Å². The lowest BCUT2D eigenvalue weighted by Gasteiger charge is -2.36. The van der Waals surface area contributed by atoms with Gasteiger partial charge in [-0.15, -0.1) is 0 Å². The van der Waals surface area contributed by atoms with Gasteiger partial charge in [-0.1, -0.05) is 24.9 Å². The molecule has 2 fully saturated rings. The van der Waals surface area contributed by atoms with E-state index in [2.05, 4.69) is 69.7 Å². The SMILES string of the molecule is CC(C)N(CC1(c2ccc(N3CCCC(N(S)S(O)=S)C3=O)cc2)CC1)C(C)C. The van der Waals surface area contributed by atoms with Crippen LogP contribution in [0.15, 0.2) is 24.3 Å². The van der Waals surface area contributed by atoms with Gasteiger partial charge in [-0.3, -0.25) is 9.69 Å². The lowest BCUT2D eigenvalue weighted by atomic mass is 9.93. The predicted octanol–water partition coefficient (Wildman–Crippen LogP) is 3.95. The molecule has 2 atom stereocenters. The van der Waals surface area contributed by atoms with E-state index in [1.165, 1.54) is 22.1 Å². The molecule has 1 amide bonds. The molecule has 29 heavy (non-hydrogen) atoms. The Balaban J connectivity index is 1.75. The molecule has 162 valence electrons. The highest BCUT2D eigenvalue weighted by molar-refractivity contribution is 8.27. The van der Waals surface area contributed by atoms with Crippen molar-refractivity contribution in [1.29, 1.82) is 0 Å². The van der Waals surface area contributed by atoms with E-state index in [0.29, 0.717) is 25.0 Å². The van der Waals surface area contributed by atoms with Crippen molar-refractivity contribution in [3.8, 4) is 0 Å². The van der Waals surface area contributed by atoms with Gasteiger partial charge in [0.15, 0.2) is 0 Å². The minimum absolute atomic E-state index is 0.0395. The molecule has 8 heteroatoms. The summed E-state index contributed by atoms with van der Waals surface area (Å²) in [5, 5.41) is 0. The molecule has 0 spiro atoms. The number of carbonyl (C=O) groups is 1. The number of anilines is 1. The van der Waals surface area contributed by atoms with Crippen LogP contribution in [-0.4, -0.2) is 50.3 Å². The fourth-order valence-corrected chi connectivity index (χ4v) is 5.36. The van der Waals surface area contributed by atoms with Crippen molar-refractivity contribution in [2.75, 3.05) is 18.0 Å². The fraction of sp³-hybridized carbons (Fsp3) is 0.667. The zero-order valence-corrected chi connectivity index (χ0v) is 20.3. The molecule has 1 saturated carbocycles. The number of amides is 1. The summed E-state index contributed by atoms with van der Waals surface area (Å²) in [7, 11) is -1.44. The number of thiol groups is 1. The van der Waals surface area contributed by atoms with Crippen LogP contribution in [0.5, 0.6) is 0 Å². The van der Waals surface area contributed by atoms with Crippen molar-refractivity contribution in [1.82, 2.24) is 8.61 Å². The highest BCUT2D eigenvalue weighted by Crippen LogP contribution is 2.49. The Bertz CT molecular complexity index is 742. The van der Waals surface area contributed by atoms with E-state index in [4.69, 9.17) is 11.2 Å². The zero-order chi connectivity index (χ0) is 21.3. The Labute approximate surface area is 187 Å². The van der Waals surface area contributed by atoms with Gasteiger partial charge >= 0.3 is 0 Å². The second-order valence-corrected chi connectivity index (χ2v) is 11.3. The van der Waals surface area contributed by atoms with Crippen molar-refractivity contribution in [2.24, 2.45) is 0 Å². The lowest BCUT2D eigenvalue weighted by Crippen LogP contribution is -2.50. The molecular formula is C21H33N3O2S3. The number of hydrogen-bond donors (Lipinski definition) is 2. The Morgan fingerprint density at radius 3 is 2.31 bits per heavy atom. The Morgan fingerprint density at radius 2 is 1.83 bits per heavy atom. The summed E-state index contributed by atoms with van der Waals surface area (Å²) in [5.74, 6) is -0.0395. The first-order chi connectivity index (χ1) is 13.7. The smallest absolute Gasteiger partial charge is 0.246 e. The quantitative estimate of drug-likeness (QED) is 0.581. The maximum atomic E-state index is 12.9. The van der Waals surface area contributed by atoms with Crippen molar-refractivity contribution >= 4 is 45.5 Å². The first-order valence-electron chi connectivity index (χ1n) is 10.4. The van der Waals surface area contributed by atoms with E-state index in [9.17, 15) is 9.35 Å². The van der Waals surface area contributed by atoms with Gasteiger partial charge in [0.2, 0.25) is 5.91 Å². The standard InChI is InChI=1S/C21H33N3O2S3/c1-15(2)23(16(3)4)14-21(11-12-21)17-7-9-18(10-8-17)22-13-5-6-19(20(22)25)24(27)29(26)28/h7-10,15-16,19,27H,5-6,11-14H2,1-4H3,(H,26,28). The van der Waals surface area contributed by atoms with Gasteiger partial charge in [0.1, 0.15) is 6.04 Å². The Morgan fingerprint density at radius 1 is 1.24 bits per heavy atom. The van der Waals surface area contributed by atoms with E-state index in [1.807, 2.05) is 0 Å². The summed E-state index contributed by atoms with van der Waals surface area (Å²) < 4.78 is 11.0. The molecule has 1 N–H and O–H groups in total. The molecule has 2 unspecified atom stereocenters. The van der Waals surface area contributed by atoms with Crippen molar-refractivity contribution in [2.45, 2.75) is 76.9 Å². The molecular weight excluding hydrogens is 422 g/mol. The third kappa shape index (κ3) is 5.05.